The van der Waals surface area contributed by atoms with Crippen molar-refractivity contribution in [3.05, 3.63) is 88.1 Å². The Balaban J connectivity index is 1.63. The highest BCUT2D eigenvalue weighted by Gasteiger charge is 2.37. The molecule has 2 aliphatic heterocycles. The minimum Gasteiger partial charge on any atom is -0.306 e. The van der Waals surface area contributed by atoms with E-state index in [1.54, 1.807) is 30.1 Å². The van der Waals surface area contributed by atoms with Crippen molar-refractivity contribution in [3.8, 4) is 0 Å². The van der Waals surface area contributed by atoms with Gasteiger partial charge in [-0.05, 0) is 49.4 Å². The van der Waals surface area contributed by atoms with Crippen LogP contribution in [-0.2, 0) is 6.18 Å². The zero-order chi connectivity index (χ0) is 21.6. The minimum atomic E-state index is -4.67. The molecule has 5 nitrogen and oxygen atoms in total. The topological polar surface area (TPSA) is 47.6 Å². The molecule has 0 radical (unpaired) electrons. The third-order valence-corrected chi connectivity index (χ3v) is 5.31. The second kappa shape index (κ2) is 7.33. The summed E-state index contributed by atoms with van der Waals surface area (Å²) < 4.78 is 52.6. The van der Waals surface area contributed by atoms with Crippen LogP contribution in [0.5, 0.6) is 0 Å². The monoisotopic (exact) mass is 438 g/mol. The first kappa shape index (κ1) is 20.2. The van der Waals surface area contributed by atoms with Crippen molar-refractivity contribution in [2.45, 2.75) is 19.1 Å². The molecule has 0 saturated carbocycles. The fourth-order valence-corrected chi connectivity index (χ4v) is 3.67. The number of halogens is 5. The molecule has 0 aromatic heterocycles. The maximum atomic E-state index is 13.2. The summed E-state index contributed by atoms with van der Waals surface area (Å²) in [6.07, 6.45) is -1.56. The number of carbonyl (C=O) groups is 1. The Morgan fingerprint density at radius 1 is 1.13 bits per heavy atom. The minimum absolute atomic E-state index is 0.242. The number of benzene rings is 2. The summed E-state index contributed by atoms with van der Waals surface area (Å²) in [6.45, 7) is 1.72. The fraction of sp³-hybridized carbons (Fsp3) is 0.150. The van der Waals surface area contributed by atoms with Gasteiger partial charge in [-0.15, -0.1) is 5.53 Å². The van der Waals surface area contributed by atoms with Crippen LogP contribution in [0.3, 0.4) is 0 Å². The van der Waals surface area contributed by atoms with Gasteiger partial charge in [-0.25, -0.2) is 4.39 Å². The van der Waals surface area contributed by atoms with Crippen molar-refractivity contribution in [2.24, 2.45) is 0 Å². The molecular formula is C20H15ClF4N4O. The van der Waals surface area contributed by atoms with Crippen LogP contribution in [0.4, 0.5) is 23.2 Å². The highest BCUT2D eigenvalue weighted by Crippen LogP contribution is 2.37. The molecule has 2 heterocycles. The predicted molar refractivity (Wildman–Crippen MR) is 103 cm³/mol. The lowest BCUT2D eigenvalue weighted by Crippen LogP contribution is -2.42. The van der Waals surface area contributed by atoms with E-state index in [4.69, 9.17) is 11.6 Å². The normalized spacial score (nSPS) is 18.5. The van der Waals surface area contributed by atoms with Gasteiger partial charge in [0.2, 0.25) is 0 Å². The van der Waals surface area contributed by atoms with Gasteiger partial charge >= 0.3 is 6.18 Å². The van der Waals surface area contributed by atoms with Crippen molar-refractivity contribution in [3.63, 3.8) is 0 Å². The molecular weight excluding hydrogens is 424 g/mol. The second-order valence-corrected chi connectivity index (χ2v) is 7.09. The third kappa shape index (κ3) is 3.40. The van der Waals surface area contributed by atoms with Gasteiger partial charge in [0.1, 0.15) is 5.82 Å². The molecule has 1 unspecified atom stereocenters. The standard InChI is InChI=1S/C20H15ClF4N4O/c1-11-18-16(29(27-26-18)13-7-5-12(22)6-8-13)9-10-28(11)19(30)14-3-2-4-15(17(14)21)20(23,24)25/h2-11,26-27H,1H3. The van der Waals surface area contributed by atoms with E-state index in [9.17, 15) is 22.4 Å². The highest BCUT2D eigenvalue weighted by molar-refractivity contribution is 6.34. The van der Waals surface area contributed by atoms with E-state index in [0.717, 1.165) is 12.1 Å². The molecule has 2 aromatic rings. The number of nitrogens with zero attached hydrogens (tertiary/aromatic N) is 2. The van der Waals surface area contributed by atoms with Gasteiger partial charge in [0.15, 0.2) is 0 Å². The number of allylic oxidation sites excluding steroid dienone is 1. The average Bonchev–Trinajstić information content (AvgIpc) is 3.13. The van der Waals surface area contributed by atoms with Gasteiger partial charge in [-0.1, -0.05) is 17.7 Å². The molecule has 1 atom stereocenters. The summed E-state index contributed by atoms with van der Waals surface area (Å²) in [5.74, 6) is -1.04. The molecule has 0 bridgehead atoms. The first-order valence-corrected chi connectivity index (χ1v) is 9.24. The zero-order valence-electron chi connectivity index (χ0n) is 15.5. The average molecular weight is 439 g/mol. The lowest BCUT2D eigenvalue weighted by Gasteiger charge is -2.30. The number of hydrogen-bond donors (Lipinski definition) is 2. The SMILES string of the molecule is CC1C2=C(C=CN1C(=O)c1cccc(C(F)(F)F)c1Cl)N(c1ccc(F)cc1)NN2. The van der Waals surface area contributed by atoms with Crippen LogP contribution in [-0.4, -0.2) is 16.8 Å². The van der Waals surface area contributed by atoms with E-state index < -0.39 is 28.7 Å². The molecule has 0 spiro atoms. The molecule has 0 saturated heterocycles. The Hall–Kier alpha value is -3.04. The lowest BCUT2D eigenvalue weighted by atomic mass is 10.0. The molecule has 1 amide bonds. The van der Waals surface area contributed by atoms with Crippen LogP contribution in [0, 0.1) is 5.82 Å². The van der Waals surface area contributed by atoms with Crippen LogP contribution in [0.2, 0.25) is 5.02 Å². The summed E-state index contributed by atoms with van der Waals surface area (Å²) in [5.41, 5.74) is 6.55. The maximum Gasteiger partial charge on any atom is 0.417 e. The number of carbonyl (C=O) groups excluding carboxylic acids is 1. The molecule has 10 heteroatoms. The van der Waals surface area contributed by atoms with E-state index in [1.807, 2.05) is 0 Å². The summed E-state index contributed by atoms with van der Waals surface area (Å²) >= 11 is 5.91. The van der Waals surface area contributed by atoms with E-state index in [-0.39, 0.29) is 11.4 Å². The van der Waals surface area contributed by atoms with Gasteiger partial charge in [0, 0.05) is 6.20 Å². The Kier molecular flexibility index (Phi) is 4.95. The smallest absolute Gasteiger partial charge is 0.306 e. The largest absolute Gasteiger partial charge is 0.417 e. The van der Waals surface area contributed by atoms with Crippen molar-refractivity contribution in [2.75, 3.05) is 5.01 Å². The Morgan fingerprint density at radius 2 is 1.83 bits per heavy atom. The van der Waals surface area contributed by atoms with Crippen molar-refractivity contribution < 1.29 is 22.4 Å². The summed E-state index contributed by atoms with van der Waals surface area (Å²) in [6, 6.07) is 8.51. The van der Waals surface area contributed by atoms with Crippen LogP contribution in [0.15, 0.2) is 66.1 Å². The zero-order valence-corrected chi connectivity index (χ0v) is 16.2. The molecule has 2 aliphatic rings. The van der Waals surface area contributed by atoms with Crippen LogP contribution < -0.4 is 16.0 Å². The van der Waals surface area contributed by atoms with Crippen LogP contribution >= 0.6 is 11.6 Å². The lowest BCUT2D eigenvalue weighted by molar-refractivity contribution is -0.137. The van der Waals surface area contributed by atoms with Crippen molar-refractivity contribution in [1.29, 1.82) is 0 Å². The fourth-order valence-electron chi connectivity index (χ4n) is 3.36. The van der Waals surface area contributed by atoms with E-state index in [2.05, 4.69) is 11.0 Å². The van der Waals surface area contributed by atoms with Gasteiger partial charge in [0.25, 0.3) is 5.91 Å². The Bertz CT molecular complexity index is 1070. The maximum absolute atomic E-state index is 13.2. The Labute approximate surface area is 174 Å². The number of anilines is 1. The highest BCUT2D eigenvalue weighted by atomic mass is 35.5. The molecule has 30 heavy (non-hydrogen) atoms. The number of alkyl halides is 3. The molecule has 2 N–H and O–H groups in total. The number of hydrogen-bond acceptors (Lipinski definition) is 4. The van der Waals surface area contributed by atoms with Gasteiger partial charge in [0.05, 0.1) is 39.3 Å². The predicted octanol–water partition coefficient (Wildman–Crippen LogP) is 4.60. The van der Waals surface area contributed by atoms with Crippen LogP contribution in [0.1, 0.15) is 22.8 Å². The first-order valence-electron chi connectivity index (χ1n) is 8.86. The van der Waals surface area contributed by atoms with Crippen molar-refractivity contribution in [1.82, 2.24) is 15.9 Å². The summed E-state index contributed by atoms with van der Waals surface area (Å²) in [7, 11) is 0. The number of amides is 1. The van der Waals surface area contributed by atoms with Gasteiger partial charge < -0.3 is 10.3 Å². The van der Waals surface area contributed by atoms with E-state index in [0.29, 0.717) is 17.1 Å². The molecule has 2 aromatic carbocycles. The number of nitrogens with one attached hydrogen (secondary N) is 2. The van der Waals surface area contributed by atoms with E-state index >= 15 is 0 Å². The molecule has 0 aliphatic carbocycles. The van der Waals surface area contributed by atoms with Gasteiger partial charge in [-0.3, -0.25) is 9.80 Å². The van der Waals surface area contributed by atoms with Gasteiger partial charge in [-0.2, -0.15) is 13.2 Å². The van der Waals surface area contributed by atoms with Crippen LogP contribution in [0.25, 0.3) is 0 Å². The molecule has 4 rings (SSSR count). The number of hydrazine groups is 2. The second-order valence-electron chi connectivity index (χ2n) is 6.72. The Morgan fingerprint density at radius 3 is 2.50 bits per heavy atom. The van der Waals surface area contributed by atoms with Crippen molar-refractivity contribution >= 4 is 23.2 Å². The third-order valence-electron chi connectivity index (χ3n) is 4.90. The summed E-state index contributed by atoms with van der Waals surface area (Å²) in [5, 5.41) is 1.03. The quantitative estimate of drug-likeness (QED) is 0.673. The number of rotatable bonds is 2. The summed E-state index contributed by atoms with van der Waals surface area (Å²) in [4.78, 5) is 14.3. The molecule has 0 fully saturated rings. The first-order chi connectivity index (χ1) is 14.2. The van der Waals surface area contributed by atoms with E-state index in [1.165, 1.54) is 29.3 Å². The molecule has 156 valence electrons.